The molecule has 0 amide bonds. The Labute approximate surface area is 215 Å². The zero-order valence-electron chi connectivity index (χ0n) is 21.5. The van der Waals surface area contributed by atoms with Gasteiger partial charge in [0, 0.05) is 0 Å². The standard InChI is InChI=1S/C24H49N7P2.ClH/c1-2-14-26(13-1)32(27-15-3-4-16-27,28-17-5-6-18-28)25-33(29-19-7-8-20-29,30-21-9-10-22-30)31-23-11-12-24-31;/h32H,1-24H2;1H. The van der Waals surface area contributed by atoms with E-state index in [1.807, 2.05) is 0 Å². The molecule has 6 saturated heterocycles. The molecule has 0 N–H and O–H groups in total. The Balaban J connectivity index is 0.00000241. The van der Waals surface area contributed by atoms with E-state index in [1.54, 1.807) is 0 Å². The first-order valence-corrected chi connectivity index (χ1v) is 17.9. The second-order valence-electron chi connectivity index (χ2n) is 11.3. The van der Waals surface area contributed by atoms with Gasteiger partial charge in [-0.25, -0.2) is 0 Å². The van der Waals surface area contributed by atoms with Crippen molar-refractivity contribution in [1.29, 1.82) is 0 Å². The minimum Gasteiger partial charge on any atom is -0.147 e. The zero-order valence-corrected chi connectivity index (χ0v) is 24.2. The van der Waals surface area contributed by atoms with E-state index < -0.39 is 15.4 Å². The van der Waals surface area contributed by atoms with E-state index in [2.05, 4.69) is 28.0 Å². The molecule has 0 spiro atoms. The zero-order chi connectivity index (χ0) is 22.1. The van der Waals surface area contributed by atoms with Crippen molar-refractivity contribution in [2.45, 2.75) is 77.0 Å². The average molecular weight is 534 g/mol. The van der Waals surface area contributed by atoms with Crippen molar-refractivity contribution in [1.82, 2.24) is 28.0 Å². The Bertz CT molecular complexity index is 616. The summed E-state index contributed by atoms with van der Waals surface area (Å²) in [6.07, 6.45) is 16.6. The normalized spacial score (nSPS) is 30.0. The monoisotopic (exact) mass is 533 g/mol. The Morgan fingerprint density at radius 3 is 0.882 bits per heavy atom. The van der Waals surface area contributed by atoms with Gasteiger partial charge in [-0.15, -0.1) is 12.4 Å². The molecule has 198 valence electrons. The second-order valence-corrected chi connectivity index (χ2v) is 18.0. The van der Waals surface area contributed by atoms with E-state index in [0.717, 1.165) is 0 Å². The average Bonchev–Trinajstić information content (AvgIpc) is 3.72. The topological polar surface area (TPSA) is 31.8 Å². The summed E-state index contributed by atoms with van der Waals surface area (Å²) < 4.78 is 24.6. The molecule has 0 saturated carbocycles. The van der Waals surface area contributed by atoms with Crippen LogP contribution in [-0.4, -0.2) is 107 Å². The molecule has 6 aliphatic heterocycles. The molecule has 10 heteroatoms. The van der Waals surface area contributed by atoms with Crippen LogP contribution in [0.2, 0.25) is 0 Å². The van der Waals surface area contributed by atoms with Crippen LogP contribution in [0.4, 0.5) is 0 Å². The van der Waals surface area contributed by atoms with Crippen molar-refractivity contribution in [3.8, 4) is 0 Å². The molecule has 0 atom stereocenters. The van der Waals surface area contributed by atoms with Crippen LogP contribution in [0, 0.1) is 0 Å². The third-order valence-corrected chi connectivity index (χ3v) is 18.8. The van der Waals surface area contributed by atoms with Crippen LogP contribution in [0.25, 0.3) is 0 Å². The molecular formula is C24H50ClN7P2. The number of nitrogens with zero attached hydrogens (tertiary/aromatic N) is 7. The van der Waals surface area contributed by atoms with Crippen molar-refractivity contribution in [3.05, 3.63) is 0 Å². The SMILES string of the molecule is C1CCN(P(=N[PH](N2CCCC2)(N2CCCC2)N2CCCC2)(N2CCCC2)N2CCCC2)C1.Cl. The van der Waals surface area contributed by atoms with Gasteiger partial charge in [-0.3, -0.25) is 0 Å². The molecule has 6 heterocycles. The van der Waals surface area contributed by atoms with Gasteiger partial charge in [-0.05, 0) is 0 Å². The van der Waals surface area contributed by atoms with Crippen molar-refractivity contribution in [2.75, 3.05) is 78.5 Å². The molecule has 6 fully saturated rings. The van der Waals surface area contributed by atoms with Gasteiger partial charge in [0.05, 0.1) is 0 Å². The van der Waals surface area contributed by atoms with E-state index in [1.165, 1.54) is 156 Å². The molecule has 0 aromatic rings. The molecule has 0 unspecified atom stereocenters. The molecule has 0 aliphatic carbocycles. The van der Waals surface area contributed by atoms with Crippen LogP contribution >= 0.6 is 27.8 Å². The van der Waals surface area contributed by atoms with Crippen molar-refractivity contribution in [3.63, 3.8) is 0 Å². The maximum Gasteiger partial charge on any atom is -0.147 e. The molecule has 34 heavy (non-hydrogen) atoms. The molecule has 0 aromatic heterocycles. The Kier molecular flexibility index (Phi) is 9.00. The van der Waals surface area contributed by atoms with Crippen LogP contribution in [0.15, 0.2) is 4.52 Å². The number of halogens is 1. The van der Waals surface area contributed by atoms with Crippen LogP contribution in [0.5, 0.6) is 0 Å². The summed E-state index contributed by atoms with van der Waals surface area (Å²) >= 11 is 0. The van der Waals surface area contributed by atoms with Gasteiger partial charge in [0.25, 0.3) is 0 Å². The first-order valence-electron chi connectivity index (χ1n) is 14.5. The van der Waals surface area contributed by atoms with Crippen LogP contribution < -0.4 is 0 Å². The van der Waals surface area contributed by atoms with E-state index in [-0.39, 0.29) is 12.4 Å². The van der Waals surface area contributed by atoms with Crippen LogP contribution in [0.1, 0.15) is 77.0 Å². The maximum absolute atomic E-state index is 6.64. The largest absolute Gasteiger partial charge is 0.147 e. The molecule has 6 aliphatic rings. The van der Waals surface area contributed by atoms with Gasteiger partial charge in [0.15, 0.2) is 0 Å². The van der Waals surface area contributed by atoms with Gasteiger partial charge < -0.3 is 0 Å². The van der Waals surface area contributed by atoms with Crippen molar-refractivity contribution < 1.29 is 0 Å². The van der Waals surface area contributed by atoms with E-state index in [9.17, 15) is 0 Å². The summed E-state index contributed by atoms with van der Waals surface area (Å²) in [7, 11) is -4.14. The van der Waals surface area contributed by atoms with Gasteiger partial charge in [0.2, 0.25) is 0 Å². The predicted molar refractivity (Wildman–Crippen MR) is 150 cm³/mol. The van der Waals surface area contributed by atoms with Crippen molar-refractivity contribution >= 4 is 27.8 Å². The van der Waals surface area contributed by atoms with Gasteiger partial charge in [0.1, 0.15) is 0 Å². The van der Waals surface area contributed by atoms with E-state index in [4.69, 9.17) is 4.52 Å². The smallest absolute Gasteiger partial charge is 0.147 e. The summed E-state index contributed by atoms with van der Waals surface area (Å²) in [4.78, 5) is 0. The van der Waals surface area contributed by atoms with Gasteiger partial charge in [-0.1, -0.05) is 0 Å². The third kappa shape index (κ3) is 4.58. The van der Waals surface area contributed by atoms with E-state index >= 15 is 0 Å². The Morgan fingerprint density at radius 1 is 0.382 bits per heavy atom. The van der Waals surface area contributed by atoms with E-state index in [0.29, 0.717) is 0 Å². The number of rotatable bonds is 7. The first kappa shape index (κ1) is 26.3. The fourth-order valence-electron chi connectivity index (χ4n) is 7.65. The Hall–Kier alpha value is 0.710. The maximum atomic E-state index is 6.64. The summed E-state index contributed by atoms with van der Waals surface area (Å²) in [5, 5.41) is 0. The summed E-state index contributed by atoms with van der Waals surface area (Å²) in [5.41, 5.74) is 0. The second kappa shape index (κ2) is 11.6. The fourth-order valence-corrected chi connectivity index (χ4v) is 19.6. The molecule has 0 aromatic carbocycles. The Morgan fingerprint density at radius 2 is 0.618 bits per heavy atom. The van der Waals surface area contributed by atoms with Crippen LogP contribution in [0.3, 0.4) is 0 Å². The fraction of sp³-hybridized carbons (Fsp3) is 1.00. The molecule has 7 nitrogen and oxygen atoms in total. The first-order chi connectivity index (χ1) is 16.3. The van der Waals surface area contributed by atoms with Gasteiger partial charge >= 0.3 is 203 Å². The number of hydrogen-bond donors (Lipinski definition) is 0. The summed E-state index contributed by atoms with van der Waals surface area (Å²) in [6.45, 7) is 15.5. The minimum atomic E-state index is -2.28. The minimum absolute atomic E-state index is 0. The predicted octanol–water partition coefficient (Wildman–Crippen LogP) is 5.34. The third-order valence-electron chi connectivity index (χ3n) is 9.25. The van der Waals surface area contributed by atoms with Crippen molar-refractivity contribution in [2.24, 2.45) is 4.52 Å². The summed E-state index contributed by atoms with van der Waals surface area (Å²) in [6, 6.07) is 0. The van der Waals surface area contributed by atoms with Gasteiger partial charge in [-0.2, -0.15) is 0 Å². The summed E-state index contributed by atoms with van der Waals surface area (Å²) in [5.74, 6) is 0. The quantitative estimate of drug-likeness (QED) is 0.411. The molecule has 0 radical (unpaired) electrons. The molecule has 6 rings (SSSR count). The number of hydrogen-bond acceptors (Lipinski definition) is 4. The molecular weight excluding hydrogens is 484 g/mol. The molecule has 0 bridgehead atoms. The van der Waals surface area contributed by atoms with Crippen LogP contribution in [-0.2, 0) is 0 Å².